The number of rotatable bonds is 36. The fourth-order valence-corrected chi connectivity index (χ4v) is 6.42. The molecule has 5 heteroatoms. The van der Waals surface area contributed by atoms with E-state index in [1.807, 2.05) is 0 Å². The minimum Gasteiger partial charge on any atom is -0.465 e. The second-order valence-corrected chi connectivity index (χ2v) is 14.3. The lowest BCUT2D eigenvalue weighted by molar-refractivity contribution is -0.146. The summed E-state index contributed by atoms with van der Waals surface area (Å²) in [7, 11) is 0. The minimum absolute atomic E-state index is 0.0549. The van der Waals surface area contributed by atoms with Crippen molar-refractivity contribution in [2.75, 3.05) is 13.2 Å². The van der Waals surface area contributed by atoms with Gasteiger partial charge in [-0.15, -0.1) is 0 Å². The average Bonchev–Trinajstić information content (AvgIpc) is 3.05. The highest BCUT2D eigenvalue weighted by atomic mass is 16.5. The van der Waals surface area contributed by atoms with Crippen LogP contribution >= 0.6 is 0 Å². The van der Waals surface area contributed by atoms with Crippen LogP contribution in [-0.4, -0.2) is 36.4 Å². The third kappa shape index (κ3) is 31.5. The van der Waals surface area contributed by atoms with Gasteiger partial charge in [0.2, 0.25) is 0 Å². The zero-order chi connectivity index (χ0) is 33.9. The van der Waals surface area contributed by atoms with Gasteiger partial charge in [-0.1, -0.05) is 156 Å². The maximum Gasteiger partial charge on any atom is 0.305 e. The van der Waals surface area contributed by atoms with E-state index < -0.39 is 0 Å². The molecular formula is C41H80O5. The lowest BCUT2D eigenvalue weighted by atomic mass is 9.95. The van der Waals surface area contributed by atoms with E-state index in [0.717, 1.165) is 51.4 Å². The molecule has 0 saturated heterocycles. The largest absolute Gasteiger partial charge is 0.465 e. The average molecular weight is 653 g/mol. The maximum atomic E-state index is 12.3. The van der Waals surface area contributed by atoms with Crippen LogP contribution in [0.1, 0.15) is 220 Å². The summed E-state index contributed by atoms with van der Waals surface area (Å²) in [5.74, 6) is 0.920. The van der Waals surface area contributed by atoms with E-state index in [-0.39, 0.29) is 18.0 Å². The Kier molecular flexibility index (Phi) is 34.4. The summed E-state index contributed by atoms with van der Waals surface area (Å²) in [4.78, 5) is 24.7. The molecule has 0 radical (unpaired) electrons. The molecule has 5 nitrogen and oxygen atoms in total. The third-order valence-corrected chi connectivity index (χ3v) is 9.66. The van der Waals surface area contributed by atoms with E-state index >= 15 is 0 Å². The molecule has 274 valence electrons. The van der Waals surface area contributed by atoms with Gasteiger partial charge in [0, 0.05) is 12.8 Å². The van der Waals surface area contributed by atoms with Gasteiger partial charge in [-0.25, -0.2) is 0 Å². The molecule has 0 bridgehead atoms. The van der Waals surface area contributed by atoms with E-state index in [4.69, 9.17) is 9.47 Å². The highest BCUT2D eigenvalue weighted by molar-refractivity contribution is 5.69. The van der Waals surface area contributed by atoms with Crippen molar-refractivity contribution >= 4 is 11.9 Å². The van der Waals surface area contributed by atoms with Crippen LogP contribution in [0.4, 0.5) is 0 Å². The maximum absolute atomic E-state index is 12.3. The first-order chi connectivity index (χ1) is 22.5. The summed E-state index contributed by atoms with van der Waals surface area (Å²) in [5.41, 5.74) is 0. The Balaban J connectivity index is 3.95. The number of esters is 2. The van der Waals surface area contributed by atoms with Gasteiger partial charge in [-0.05, 0) is 63.2 Å². The summed E-state index contributed by atoms with van der Waals surface area (Å²) < 4.78 is 11.4. The number of aliphatic hydroxyl groups is 1. The predicted octanol–water partition coefficient (Wildman–Crippen LogP) is 12.4. The first kappa shape index (κ1) is 44.9. The number of carbonyl (C=O) groups is 2. The van der Waals surface area contributed by atoms with Gasteiger partial charge in [0.25, 0.3) is 0 Å². The SMILES string of the molecule is CCCCCCC(CCCCCC)COC(=O)CCCCCC(O)CCCCCC(=O)OCC(CCCCCC)CCCCCC. The summed E-state index contributed by atoms with van der Waals surface area (Å²) in [5, 5.41) is 10.4. The van der Waals surface area contributed by atoms with Crippen molar-refractivity contribution in [1.29, 1.82) is 0 Å². The van der Waals surface area contributed by atoms with Crippen molar-refractivity contribution in [3.05, 3.63) is 0 Å². The zero-order valence-corrected chi connectivity index (χ0v) is 31.4. The number of aliphatic hydroxyl groups excluding tert-OH is 1. The molecule has 46 heavy (non-hydrogen) atoms. The Morgan fingerprint density at radius 1 is 0.413 bits per heavy atom. The Labute approximate surface area is 287 Å². The van der Waals surface area contributed by atoms with Gasteiger partial charge in [-0.2, -0.15) is 0 Å². The van der Waals surface area contributed by atoms with Crippen molar-refractivity contribution in [2.45, 2.75) is 226 Å². The van der Waals surface area contributed by atoms with Crippen LogP contribution in [0, 0.1) is 11.8 Å². The molecule has 0 aromatic carbocycles. The van der Waals surface area contributed by atoms with Gasteiger partial charge < -0.3 is 14.6 Å². The summed E-state index contributed by atoms with van der Waals surface area (Å²) in [6.07, 6.45) is 32.8. The molecule has 0 aliphatic heterocycles. The normalized spacial score (nSPS) is 11.7. The second kappa shape index (κ2) is 35.2. The van der Waals surface area contributed by atoms with Gasteiger partial charge in [0.15, 0.2) is 0 Å². The molecule has 0 unspecified atom stereocenters. The Morgan fingerprint density at radius 3 is 1.00 bits per heavy atom. The number of ether oxygens (including phenoxy) is 2. The molecule has 0 aliphatic carbocycles. The lowest BCUT2D eigenvalue weighted by Crippen LogP contribution is -2.15. The van der Waals surface area contributed by atoms with Crippen molar-refractivity contribution in [3.63, 3.8) is 0 Å². The molecule has 0 fully saturated rings. The number of hydrogen-bond donors (Lipinski definition) is 1. The van der Waals surface area contributed by atoms with Crippen LogP contribution in [0.25, 0.3) is 0 Å². The molecule has 0 saturated carbocycles. The number of hydrogen-bond acceptors (Lipinski definition) is 5. The van der Waals surface area contributed by atoms with Gasteiger partial charge in [-0.3, -0.25) is 9.59 Å². The molecular weight excluding hydrogens is 572 g/mol. The molecule has 1 N–H and O–H groups in total. The molecule has 0 aromatic heterocycles. The van der Waals surface area contributed by atoms with Crippen LogP contribution in [0.15, 0.2) is 0 Å². The van der Waals surface area contributed by atoms with Crippen LogP contribution in [0.3, 0.4) is 0 Å². The van der Waals surface area contributed by atoms with Crippen LogP contribution < -0.4 is 0 Å². The molecule has 0 amide bonds. The smallest absolute Gasteiger partial charge is 0.305 e. The number of unbranched alkanes of at least 4 members (excludes halogenated alkanes) is 16. The molecule has 0 atom stereocenters. The highest BCUT2D eigenvalue weighted by Gasteiger charge is 2.14. The summed E-state index contributed by atoms with van der Waals surface area (Å²) in [6.45, 7) is 10.2. The lowest BCUT2D eigenvalue weighted by Gasteiger charge is -2.17. The number of carbonyl (C=O) groups excluding carboxylic acids is 2. The Hall–Kier alpha value is -1.10. The van der Waals surface area contributed by atoms with Crippen LogP contribution in [0.5, 0.6) is 0 Å². The summed E-state index contributed by atoms with van der Waals surface area (Å²) in [6, 6.07) is 0. The Bertz CT molecular complexity index is 573. The molecule has 0 rings (SSSR count). The minimum atomic E-state index is -0.291. The summed E-state index contributed by atoms with van der Waals surface area (Å²) >= 11 is 0. The van der Waals surface area contributed by atoms with E-state index in [1.54, 1.807) is 0 Å². The molecule has 0 aromatic rings. The monoisotopic (exact) mass is 653 g/mol. The first-order valence-corrected chi connectivity index (χ1v) is 20.5. The van der Waals surface area contributed by atoms with Crippen molar-refractivity contribution in [3.8, 4) is 0 Å². The molecule has 0 aliphatic rings. The quantitative estimate of drug-likeness (QED) is 0.0538. The van der Waals surface area contributed by atoms with Crippen molar-refractivity contribution in [1.82, 2.24) is 0 Å². The second-order valence-electron chi connectivity index (χ2n) is 14.3. The van der Waals surface area contributed by atoms with E-state index in [9.17, 15) is 14.7 Å². The van der Waals surface area contributed by atoms with E-state index in [2.05, 4.69) is 27.7 Å². The van der Waals surface area contributed by atoms with Gasteiger partial charge in [0.05, 0.1) is 19.3 Å². The first-order valence-electron chi connectivity index (χ1n) is 20.5. The fourth-order valence-electron chi connectivity index (χ4n) is 6.42. The highest BCUT2D eigenvalue weighted by Crippen LogP contribution is 2.21. The van der Waals surface area contributed by atoms with Crippen molar-refractivity contribution < 1.29 is 24.2 Å². The predicted molar refractivity (Wildman–Crippen MR) is 196 cm³/mol. The van der Waals surface area contributed by atoms with Gasteiger partial charge >= 0.3 is 11.9 Å². The third-order valence-electron chi connectivity index (χ3n) is 9.66. The van der Waals surface area contributed by atoms with E-state index in [0.29, 0.717) is 37.9 Å². The van der Waals surface area contributed by atoms with Crippen LogP contribution in [0.2, 0.25) is 0 Å². The zero-order valence-electron chi connectivity index (χ0n) is 31.4. The molecule has 0 spiro atoms. The van der Waals surface area contributed by atoms with Crippen molar-refractivity contribution in [2.24, 2.45) is 11.8 Å². The topological polar surface area (TPSA) is 72.8 Å². The Morgan fingerprint density at radius 2 is 0.696 bits per heavy atom. The van der Waals surface area contributed by atoms with E-state index in [1.165, 1.54) is 128 Å². The fraction of sp³-hybridized carbons (Fsp3) is 0.951. The van der Waals surface area contributed by atoms with Gasteiger partial charge in [0.1, 0.15) is 0 Å². The van der Waals surface area contributed by atoms with Crippen LogP contribution in [-0.2, 0) is 19.1 Å². The standard InChI is InChI=1S/C41H80O5/c1-5-9-13-19-27-37(28-20-14-10-6-2)35-45-40(43)33-25-17-23-31-39(42)32-24-18-26-34-41(44)46-36-38(29-21-15-11-7-3)30-22-16-12-8-4/h37-39,42H,5-36H2,1-4H3. The molecule has 0 heterocycles.